The second-order valence-electron chi connectivity index (χ2n) is 5.49. The van der Waals surface area contributed by atoms with Gasteiger partial charge >= 0.3 is 5.97 Å². The van der Waals surface area contributed by atoms with Gasteiger partial charge in [-0.15, -0.1) is 0 Å². The van der Waals surface area contributed by atoms with E-state index < -0.39 is 6.04 Å². The first kappa shape index (κ1) is 15.5. The fourth-order valence-electron chi connectivity index (χ4n) is 2.72. The maximum absolute atomic E-state index is 12.0. The molecule has 3 unspecified atom stereocenters. The zero-order valence-electron chi connectivity index (χ0n) is 12.5. The van der Waals surface area contributed by atoms with Crippen molar-refractivity contribution in [3.63, 3.8) is 0 Å². The lowest BCUT2D eigenvalue weighted by Gasteiger charge is -2.46. The van der Waals surface area contributed by atoms with E-state index in [9.17, 15) is 9.59 Å². The average Bonchev–Trinajstić information content (AvgIpc) is 2.47. The van der Waals surface area contributed by atoms with Crippen molar-refractivity contribution in [2.24, 2.45) is 11.7 Å². The van der Waals surface area contributed by atoms with Gasteiger partial charge < -0.3 is 15.4 Å². The van der Waals surface area contributed by atoms with Crippen LogP contribution in [0.5, 0.6) is 0 Å². The van der Waals surface area contributed by atoms with Crippen molar-refractivity contribution in [3.05, 3.63) is 35.9 Å². The van der Waals surface area contributed by atoms with Gasteiger partial charge in [0.15, 0.2) is 0 Å². The Kier molecular flexibility index (Phi) is 4.96. The SMILES string of the molecule is CCOC(=O)CC(C)CN1C(=O)C(N)C1c1ccccc1. The van der Waals surface area contributed by atoms with Gasteiger partial charge in [-0.25, -0.2) is 0 Å². The number of nitrogens with two attached hydrogens (primary N) is 1. The number of β-lactam (4-membered cyclic amide) rings is 1. The number of carbonyl (C=O) groups excluding carboxylic acids is 2. The molecule has 1 amide bonds. The van der Waals surface area contributed by atoms with Crippen LogP contribution in [0.25, 0.3) is 0 Å². The fraction of sp³-hybridized carbons (Fsp3) is 0.500. The van der Waals surface area contributed by atoms with E-state index >= 15 is 0 Å². The maximum Gasteiger partial charge on any atom is 0.306 e. The number of benzene rings is 1. The molecule has 21 heavy (non-hydrogen) atoms. The van der Waals surface area contributed by atoms with Gasteiger partial charge in [0, 0.05) is 13.0 Å². The molecular weight excluding hydrogens is 268 g/mol. The number of ether oxygens (including phenoxy) is 1. The summed E-state index contributed by atoms with van der Waals surface area (Å²) in [5.41, 5.74) is 6.97. The summed E-state index contributed by atoms with van der Waals surface area (Å²) in [5, 5.41) is 0. The molecule has 5 nitrogen and oxygen atoms in total. The quantitative estimate of drug-likeness (QED) is 0.636. The molecule has 1 saturated heterocycles. The number of hydrogen-bond donors (Lipinski definition) is 1. The van der Waals surface area contributed by atoms with Gasteiger partial charge in [-0.05, 0) is 18.4 Å². The molecule has 0 saturated carbocycles. The Morgan fingerprint density at radius 2 is 2.05 bits per heavy atom. The molecule has 3 atom stereocenters. The topological polar surface area (TPSA) is 72.6 Å². The summed E-state index contributed by atoms with van der Waals surface area (Å²) in [7, 11) is 0. The molecule has 114 valence electrons. The van der Waals surface area contributed by atoms with Crippen LogP contribution in [0.2, 0.25) is 0 Å². The molecule has 0 spiro atoms. The third-order valence-corrected chi connectivity index (χ3v) is 3.71. The van der Waals surface area contributed by atoms with E-state index in [1.54, 1.807) is 11.8 Å². The van der Waals surface area contributed by atoms with Crippen LogP contribution in [0.4, 0.5) is 0 Å². The van der Waals surface area contributed by atoms with Gasteiger partial charge in [-0.3, -0.25) is 9.59 Å². The molecule has 2 rings (SSSR count). The van der Waals surface area contributed by atoms with Crippen molar-refractivity contribution >= 4 is 11.9 Å². The highest BCUT2D eigenvalue weighted by Gasteiger charge is 2.45. The third-order valence-electron chi connectivity index (χ3n) is 3.71. The zero-order chi connectivity index (χ0) is 15.4. The molecule has 1 heterocycles. The molecule has 1 aliphatic rings. The maximum atomic E-state index is 12.0. The number of amides is 1. The van der Waals surface area contributed by atoms with Crippen molar-refractivity contribution in [3.8, 4) is 0 Å². The van der Waals surface area contributed by atoms with Gasteiger partial charge in [0.25, 0.3) is 0 Å². The first-order valence-electron chi connectivity index (χ1n) is 7.31. The van der Waals surface area contributed by atoms with Gasteiger partial charge in [0.05, 0.1) is 12.6 Å². The van der Waals surface area contributed by atoms with E-state index in [1.165, 1.54) is 0 Å². The van der Waals surface area contributed by atoms with Crippen molar-refractivity contribution in [1.29, 1.82) is 0 Å². The fourth-order valence-corrected chi connectivity index (χ4v) is 2.72. The van der Waals surface area contributed by atoms with E-state index in [2.05, 4.69) is 0 Å². The van der Waals surface area contributed by atoms with Crippen LogP contribution in [0.15, 0.2) is 30.3 Å². The Morgan fingerprint density at radius 1 is 1.38 bits per heavy atom. The van der Waals surface area contributed by atoms with Crippen LogP contribution in [0, 0.1) is 5.92 Å². The highest BCUT2D eigenvalue weighted by molar-refractivity contribution is 5.89. The highest BCUT2D eigenvalue weighted by Crippen LogP contribution is 2.34. The van der Waals surface area contributed by atoms with Crippen LogP contribution in [0.1, 0.15) is 31.9 Å². The normalized spacial score (nSPS) is 22.6. The number of likely N-dealkylation sites (tertiary alicyclic amines) is 1. The average molecular weight is 290 g/mol. The number of nitrogens with zero attached hydrogens (tertiary/aromatic N) is 1. The van der Waals surface area contributed by atoms with E-state index in [0.717, 1.165) is 5.56 Å². The molecule has 0 radical (unpaired) electrons. The molecule has 1 aliphatic heterocycles. The number of carbonyl (C=O) groups is 2. The molecule has 2 N–H and O–H groups in total. The Labute approximate surface area is 125 Å². The summed E-state index contributed by atoms with van der Waals surface area (Å²) in [5.74, 6) is -0.232. The van der Waals surface area contributed by atoms with Crippen LogP contribution in [-0.2, 0) is 14.3 Å². The van der Waals surface area contributed by atoms with Crippen LogP contribution in [0.3, 0.4) is 0 Å². The molecule has 5 heteroatoms. The summed E-state index contributed by atoms with van der Waals surface area (Å²) in [6.45, 7) is 4.62. The monoisotopic (exact) mass is 290 g/mol. The molecular formula is C16H22N2O3. The second-order valence-corrected chi connectivity index (χ2v) is 5.49. The lowest BCUT2D eigenvalue weighted by atomic mass is 9.88. The third kappa shape index (κ3) is 3.42. The Hall–Kier alpha value is -1.88. The van der Waals surface area contributed by atoms with Crippen molar-refractivity contribution in [2.75, 3.05) is 13.2 Å². The summed E-state index contributed by atoms with van der Waals surface area (Å²) in [4.78, 5) is 25.2. The van der Waals surface area contributed by atoms with Crippen molar-refractivity contribution in [2.45, 2.75) is 32.4 Å². The smallest absolute Gasteiger partial charge is 0.306 e. The van der Waals surface area contributed by atoms with Gasteiger partial charge in [0.1, 0.15) is 6.04 Å². The Bertz CT molecular complexity index is 504. The van der Waals surface area contributed by atoms with Gasteiger partial charge in [0.2, 0.25) is 5.91 Å². The largest absolute Gasteiger partial charge is 0.466 e. The molecule has 1 fully saturated rings. The van der Waals surface area contributed by atoms with Crippen molar-refractivity contribution in [1.82, 2.24) is 4.90 Å². The van der Waals surface area contributed by atoms with E-state index in [-0.39, 0.29) is 23.8 Å². The number of rotatable bonds is 6. The molecule has 0 bridgehead atoms. The van der Waals surface area contributed by atoms with E-state index in [1.807, 2.05) is 37.3 Å². The van der Waals surface area contributed by atoms with Gasteiger partial charge in [-0.2, -0.15) is 0 Å². The minimum Gasteiger partial charge on any atom is -0.466 e. The molecule has 1 aromatic rings. The minimum atomic E-state index is -0.484. The number of hydrogen-bond acceptors (Lipinski definition) is 4. The zero-order valence-corrected chi connectivity index (χ0v) is 12.5. The standard InChI is InChI=1S/C16H22N2O3/c1-3-21-13(19)9-11(2)10-18-15(14(17)16(18)20)12-7-5-4-6-8-12/h4-8,11,14-15H,3,9-10,17H2,1-2H3. The summed E-state index contributed by atoms with van der Waals surface area (Å²) >= 11 is 0. The summed E-state index contributed by atoms with van der Waals surface area (Å²) in [6.07, 6.45) is 0.314. The van der Waals surface area contributed by atoms with Gasteiger partial charge in [-0.1, -0.05) is 37.3 Å². The van der Waals surface area contributed by atoms with E-state index in [0.29, 0.717) is 19.6 Å². The lowest BCUT2D eigenvalue weighted by molar-refractivity contribution is -0.152. The van der Waals surface area contributed by atoms with E-state index in [4.69, 9.17) is 10.5 Å². The Balaban J connectivity index is 1.98. The summed E-state index contributed by atoms with van der Waals surface area (Å²) < 4.78 is 4.94. The Morgan fingerprint density at radius 3 is 2.67 bits per heavy atom. The van der Waals surface area contributed by atoms with Crippen LogP contribution in [-0.4, -0.2) is 36.0 Å². The lowest BCUT2D eigenvalue weighted by Crippen LogP contribution is -2.63. The molecule has 0 aromatic heterocycles. The van der Waals surface area contributed by atoms with Crippen LogP contribution >= 0.6 is 0 Å². The first-order valence-corrected chi connectivity index (χ1v) is 7.31. The van der Waals surface area contributed by atoms with Crippen LogP contribution < -0.4 is 5.73 Å². The predicted octanol–water partition coefficient (Wildman–Crippen LogP) is 1.49. The minimum absolute atomic E-state index is 0.0479. The molecule has 0 aliphatic carbocycles. The summed E-state index contributed by atoms with van der Waals surface area (Å²) in [6, 6.07) is 9.17. The predicted molar refractivity (Wildman–Crippen MR) is 79.3 cm³/mol. The highest BCUT2D eigenvalue weighted by atomic mass is 16.5. The first-order chi connectivity index (χ1) is 10.0. The van der Waals surface area contributed by atoms with Crippen molar-refractivity contribution < 1.29 is 14.3 Å². The number of esters is 1. The second kappa shape index (κ2) is 6.72. The molecule has 1 aromatic carbocycles.